The van der Waals surface area contributed by atoms with Gasteiger partial charge in [0.1, 0.15) is 23.3 Å². The molecule has 7 heteroatoms. The molecule has 2 N–H and O–H groups in total. The molecule has 1 fully saturated rings. The molecule has 0 spiro atoms. The number of benzene rings is 1. The molecule has 0 saturated heterocycles. The van der Waals surface area contributed by atoms with Crippen LogP contribution in [0.2, 0.25) is 0 Å². The van der Waals surface area contributed by atoms with E-state index in [1.54, 1.807) is 6.07 Å². The number of hydrogen-bond acceptors (Lipinski definition) is 4. The number of nitrogens with zero attached hydrogens (tertiary/aromatic N) is 2. The average molecular weight is 401 g/mol. The van der Waals surface area contributed by atoms with Gasteiger partial charge in [0.15, 0.2) is 0 Å². The number of aromatic nitrogens is 2. The molecule has 0 radical (unpaired) electrons. The lowest BCUT2D eigenvalue weighted by molar-refractivity contribution is -0.166. The van der Waals surface area contributed by atoms with Crippen LogP contribution in [0.15, 0.2) is 24.3 Å². The second-order valence-corrected chi connectivity index (χ2v) is 8.57. The van der Waals surface area contributed by atoms with Crippen molar-refractivity contribution in [1.82, 2.24) is 10.2 Å². The van der Waals surface area contributed by atoms with Crippen LogP contribution in [-0.2, 0) is 15.1 Å². The van der Waals surface area contributed by atoms with Gasteiger partial charge >= 0.3 is 0 Å². The Morgan fingerprint density at radius 3 is 2.62 bits per heavy atom. The second-order valence-electron chi connectivity index (χ2n) is 8.57. The van der Waals surface area contributed by atoms with Crippen LogP contribution in [0.25, 0.3) is 11.3 Å². The summed E-state index contributed by atoms with van der Waals surface area (Å²) in [7, 11) is 0. The Bertz CT molecular complexity index is 958. The second kappa shape index (κ2) is 6.83. The van der Waals surface area contributed by atoms with Crippen LogP contribution in [0.3, 0.4) is 0 Å². The Kier molecular flexibility index (Phi) is 4.69. The normalized spacial score (nSPS) is 25.1. The quantitative estimate of drug-likeness (QED) is 0.787. The minimum absolute atomic E-state index is 0.0942. The molecule has 1 amide bonds. The van der Waals surface area contributed by atoms with Gasteiger partial charge in [-0.1, -0.05) is 33.3 Å². The monoisotopic (exact) mass is 401 g/mol. The van der Waals surface area contributed by atoms with Crippen molar-refractivity contribution in [1.29, 1.82) is 0 Å². The van der Waals surface area contributed by atoms with Crippen LogP contribution < -0.4 is 5.73 Å². The summed E-state index contributed by atoms with van der Waals surface area (Å²) in [6.45, 7) is 6.14. The molecule has 1 aromatic heterocycles. The van der Waals surface area contributed by atoms with Crippen molar-refractivity contribution in [3.63, 3.8) is 0 Å². The summed E-state index contributed by atoms with van der Waals surface area (Å²) in [5.74, 6) is -1.75. The summed E-state index contributed by atoms with van der Waals surface area (Å²) in [6, 6.07) is 5.45. The van der Waals surface area contributed by atoms with Crippen LogP contribution >= 0.6 is 0 Å². The standard InChI is InChI=1S/C22H25F2N3O2/c1-4-6-17(20(25)28)29-22-10-9-13(21(22,2)3)12-11-16(26-27-19(12)22)18-14(23)7-5-8-15(18)24/h5,7-8,11,13,17H,4,6,9-10H2,1-3H3,(H2,25,28)/t13-,17-,22-/m0/s1. The molecule has 0 unspecified atom stereocenters. The molecule has 1 aromatic carbocycles. The lowest BCUT2D eigenvalue weighted by Crippen LogP contribution is -2.45. The Morgan fingerprint density at radius 2 is 2.00 bits per heavy atom. The number of ether oxygens (including phenoxy) is 1. The lowest BCUT2D eigenvalue weighted by Gasteiger charge is -2.39. The van der Waals surface area contributed by atoms with Gasteiger partial charge in [-0.25, -0.2) is 8.78 Å². The number of nitrogens with two attached hydrogens (primary N) is 1. The predicted molar refractivity (Wildman–Crippen MR) is 104 cm³/mol. The van der Waals surface area contributed by atoms with Gasteiger partial charge in [-0.15, -0.1) is 5.10 Å². The maximum absolute atomic E-state index is 14.3. The molecule has 0 aliphatic heterocycles. The highest BCUT2D eigenvalue weighted by Gasteiger charge is 2.65. The van der Waals surface area contributed by atoms with E-state index in [1.807, 2.05) is 6.92 Å². The smallest absolute Gasteiger partial charge is 0.246 e. The van der Waals surface area contributed by atoms with E-state index in [2.05, 4.69) is 24.0 Å². The van der Waals surface area contributed by atoms with Crippen LogP contribution in [0.1, 0.15) is 63.6 Å². The lowest BCUT2D eigenvalue weighted by atomic mass is 9.77. The highest BCUT2D eigenvalue weighted by Crippen LogP contribution is 2.68. The molecule has 1 heterocycles. The van der Waals surface area contributed by atoms with Gasteiger partial charge in [-0.2, -0.15) is 5.10 Å². The molecule has 2 aliphatic rings. The first-order chi connectivity index (χ1) is 13.7. The maximum atomic E-state index is 14.3. The van der Waals surface area contributed by atoms with Crippen molar-refractivity contribution in [2.45, 2.75) is 64.1 Å². The molecule has 2 aliphatic carbocycles. The van der Waals surface area contributed by atoms with E-state index in [4.69, 9.17) is 10.5 Å². The zero-order chi connectivity index (χ0) is 21.0. The first kappa shape index (κ1) is 19.9. The molecule has 29 heavy (non-hydrogen) atoms. The minimum Gasteiger partial charge on any atom is -0.367 e. The van der Waals surface area contributed by atoms with Crippen LogP contribution in [0.4, 0.5) is 8.78 Å². The molecular weight excluding hydrogens is 376 g/mol. The van der Waals surface area contributed by atoms with E-state index in [0.717, 1.165) is 18.4 Å². The minimum atomic E-state index is -0.791. The highest BCUT2D eigenvalue weighted by atomic mass is 19.1. The number of amides is 1. The summed E-state index contributed by atoms with van der Waals surface area (Å²) in [4.78, 5) is 12.0. The third kappa shape index (κ3) is 2.78. The van der Waals surface area contributed by atoms with Crippen LogP contribution in [-0.4, -0.2) is 22.2 Å². The van der Waals surface area contributed by atoms with E-state index < -0.39 is 29.2 Å². The number of carbonyl (C=O) groups is 1. The topological polar surface area (TPSA) is 78.1 Å². The molecule has 2 aromatic rings. The highest BCUT2D eigenvalue weighted by molar-refractivity contribution is 5.79. The van der Waals surface area contributed by atoms with Crippen molar-refractivity contribution < 1.29 is 18.3 Å². The zero-order valence-corrected chi connectivity index (χ0v) is 16.8. The van der Waals surface area contributed by atoms with E-state index in [9.17, 15) is 13.6 Å². The van der Waals surface area contributed by atoms with Crippen molar-refractivity contribution in [2.24, 2.45) is 11.1 Å². The molecule has 3 atom stereocenters. The Hall–Kier alpha value is -2.41. The molecular formula is C22H25F2N3O2. The van der Waals surface area contributed by atoms with Crippen LogP contribution in [0.5, 0.6) is 0 Å². The summed E-state index contributed by atoms with van der Waals surface area (Å²) < 4.78 is 34.9. The third-order valence-electron chi connectivity index (χ3n) is 6.71. The molecule has 5 nitrogen and oxygen atoms in total. The fourth-order valence-corrected chi connectivity index (χ4v) is 5.16. The fourth-order valence-electron chi connectivity index (χ4n) is 5.16. The van der Waals surface area contributed by atoms with Gasteiger partial charge in [0.25, 0.3) is 0 Å². The fraction of sp³-hybridized carbons (Fsp3) is 0.500. The molecule has 4 rings (SSSR count). The van der Waals surface area contributed by atoms with E-state index in [0.29, 0.717) is 18.5 Å². The number of primary amides is 1. The van der Waals surface area contributed by atoms with Gasteiger partial charge in [-0.3, -0.25) is 4.79 Å². The predicted octanol–water partition coefficient (Wildman–Crippen LogP) is 4.20. The Labute approximate surface area is 168 Å². The van der Waals surface area contributed by atoms with Gasteiger partial charge < -0.3 is 10.5 Å². The zero-order valence-electron chi connectivity index (χ0n) is 16.8. The summed E-state index contributed by atoms with van der Waals surface area (Å²) in [5.41, 5.74) is 5.97. The SMILES string of the molecule is CCC[C@H](O[C@@]12CC[C@@H](c3cc(-c4c(F)cccc4F)nnc31)C2(C)C)C(N)=O. The van der Waals surface area contributed by atoms with Crippen molar-refractivity contribution >= 4 is 5.91 Å². The van der Waals surface area contributed by atoms with Crippen molar-refractivity contribution in [3.05, 3.63) is 47.2 Å². The maximum Gasteiger partial charge on any atom is 0.246 e. The van der Waals surface area contributed by atoms with Gasteiger partial charge in [0, 0.05) is 5.41 Å². The summed E-state index contributed by atoms with van der Waals surface area (Å²) in [5, 5.41) is 8.52. The molecule has 154 valence electrons. The average Bonchev–Trinajstić information content (AvgIpc) is 3.01. The number of halogens is 2. The number of hydrogen-bond donors (Lipinski definition) is 1. The Morgan fingerprint density at radius 1 is 1.31 bits per heavy atom. The first-order valence-electron chi connectivity index (χ1n) is 10.0. The summed E-state index contributed by atoms with van der Waals surface area (Å²) in [6.07, 6.45) is 2.11. The van der Waals surface area contributed by atoms with Crippen molar-refractivity contribution in [2.75, 3.05) is 0 Å². The molecule has 2 bridgehead atoms. The van der Waals surface area contributed by atoms with Gasteiger partial charge in [0.05, 0.1) is 17.0 Å². The molecule has 1 saturated carbocycles. The van der Waals surface area contributed by atoms with Crippen LogP contribution in [0, 0.1) is 17.0 Å². The van der Waals surface area contributed by atoms with Gasteiger partial charge in [-0.05, 0) is 48.9 Å². The van der Waals surface area contributed by atoms with Gasteiger partial charge in [0.2, 0.25) is 5.91 Å². The Balaban J connectivity index is 1.82. The van der Waals surface area contributed by atoms with Crippen molar-refractivity contribution in [3.8, 4) is 11.3 Å². The third-order valence-corrected chi connectivity index (χ3v) is 6.71. The summed E-state index contributed by atoms with van der Waals surface area (Å²) >= 11 is 0. The number of fused-ring (bicyclic) bond motifs is 5. The number of carbonyl (C=O) groups excluding carboxylic acids is 1. The largest absolute Gasteiger partial charge is 0.367 e. The van der Waals surface area contributed by atoms with E-state index >= 15 is 0 Å². The number of rotatable bonds is 6. The van der Waals surface area contributed by atoms with E-state index in [1.165, 1.54) is 18.2 Å². The first-order valence-corrected chi connectivity index (χ1v) is 10.0. The van der Waals surface area contributed by atoms with E-state index in [-0.39, 0.29) is 22.6 Å².